The molecule has 0 aromatic heterocycles. The molecule has 0 bridgehead atoms. The fourth-order valence-electron chi connectivity index (χ4n) is 4.92. The van der Waals surface area contributed by atoms with Gasteiger partial charge in [0, 0.05) is 23.7 Å². The van der Waals surface area contributed by atoms with Crippen LogP contribution in [0.5, 0.6) is 5.75 Å². The average molecular weight is 518 g/mol. The zero-order chi connectivity index (χ0) is 25.9. The Balaban J connectivity index is 1.48. The Kier molecular flexibility index (Phi) is 7.31. The first-order chi connectivity index (χ1) is 17.9. The van der Waals surface area contributed by atoms with E-state index in [1.165, 1.54) is 4.90 Å². The zero-order valence-corrected chi connectivity index (χ0v) is 21.3. The van der Waals surface area contributed by atoms with E-state index >= 15 is 0 Å². The number of rotatable bonds is 7. The Bertz CT molecular complexity index is 1330. The lowest BCUT2D eigenvalue weighted by molar-refractivity contribution is -0.140. The maximum Gasteiger partial charge on any atom is 0.295 e. The molecule has 0 radical (unpaired) electrons. The molecule has 2 atom stereocenters. The number of hydrogen-bond donors (Lipinski definition) is 1. The third-order valence-corrected chi connectivity index (χ3v) is 7.09. The van der Waals surface area contributed by atoms with Crippen LogP contribution in [0.25, 0.3) is 5.76 Å². The molecule has 6 nitrogen and oxygen atoms in total. The minimum Gasteiger partial charge on any atom is -0.507 e. The van der Waals surface area contributed by atoms with Gasteiger partial charge in [0.25, 0.3) is 11.7 Å². The molecule has 37 heavy (non-hydrogen) atoms. The smallest absolute Gasteiger partial charge is 0.295 e. The summed E-state index contributed by atoms with van der Waals surface area (Å²) in [5.74, 6) is -0.895. The van der Waals surface area contributed by atoms with Crippen molar-refractivity contribution in [1.82, 2.24) is 4.90 Å². The number of carbonyl (C=O) groups excluding carboxylic acids is 2. The number of carbonyl (C=O) groups is 2. The summed E-state index contributed by atoms with van der Waals surface area (Å²) in [7, 11) is 0. The summed E-state index contributed by atoms with van der Waals surface area (Å²) in [6.45, 7) is 3.21. The van der Waals surface area contributed by atoms with Gasteiger partial charge in [-0.3, -0.25) is 9.59 Å². The van der Waals surface area contributed by atoms with Gasteiger partial charge in [-0.1, -0.05) is 54.1 Å². The van der Waals surface area contributed by atoms with Gasteiger partial charge in [-0.25, -0.2) is 0 Å². The molecule has 2 aliphatic heterocycles. The largest absolute Gasteiger partial charge is 0.507 e. The summed E-state index contributed by atoms with van der Waals surface area (Å²) < 4.78 is 11.7. The number of likely N-dealkylation sites (tertiary alicyclic amines) is 1. The van der Waals surface area contributed by atoms with Gasteiger partial charge in [-0.05, 0) is 66.8 Å². The number of hydrogen-bond acceptors (Lipinski definition) is 5. The molecule has 2 aliphatic rings. The molecule has 7 heteroatoms. The molecule has 0 aliphatic carbocycles. The molecule has 1 N–H and O–H groups in total. The second-order valence-corrected chi connectivity index (χ2v) is 9.83. The van der Waals surface area contributed by atoms with E-state index < -0.39 is 17.7 Å². The minimum atomic E-state index is -0.740. The number of benzene rings is 3. The van der Waals surface area contributed by atoms with Gasteiger partial charge in [0.1, 0.15) is 18.1 Å². The monoisotopic (exact) mass is 517 g/mol. The molecular weight excluding hydrogens is 490 g/mol. The van der Waals surface area contributed by atoms with Crippen molar-refractivity contribution in [3.8, 4) is 5.75 Å². The van der Waals surface area contributed by atoms with Crippen LogP contribution in [0, 0.1) is 6.92 Å². The molecule has 190 valence electrons. The van der Waals surface area contributed by atoms with Crippen LogP contribution in [0.4, 0.5) is 0 Å². The number of Topliss-reactive ketones (excluding diaryl/α,β-unsaturated/α-hetero) is 1. The second kappa shape index (κ2) is 10.8. The third-order valence-electron chi connectivity index (χ3n) is 6.84. The van der Waals surface area contributed by atoms with Crippen molar-refractivity contribution >= 4 is 29.1 Å². The number of aliphatic hydroxyl groups is 1. The first-order valence-electron chi connectivity index (χ1n) is 12.4. The first-order valence-corrected chi connectivity index (χ1v) is 12.7. The lowest BCUT2D eigenvalue weighted by Gasteiger charge is -2.27. The van der Waals surface area contributed by atoms with Crippen LogP contribution in [0.3, 0.4) is 0 Å². The van der Waals surface area contributed by atoms with E-state index in [2.05, 4.69) is 0 Å². The van der Waals surface area contributed by atoms with Crippen molar-refractivity contribution in [2.75, 3.05) is 13.2 Å². The van der Waals surface area contributed by atoms with Crippen LogP contribution >= 0.6 is 11.6 Å². The van der Waals surface area contributed by atoms with Crippen molar-refractivity contribution in [3.05, 3.63) is 106 Å². The molecule has 3 aromatic carbocycles. The summed E-state index contributed by atoms with van der Waals surface area (Å²) in [4.78, 5) is 27.9. The van der Waals surface area contributed by atoms with E-state index in [4.69, 9.17) is 21.1 Å². The highest BCUT2D eigenvalue weighted by atomic mass is 35.5. The van der Waals surface area contributed by atoms with Crippen molar-refractivity contribution in [3.63, 3.8) is 0 Å². The lowest BCUT2D eigenvalue weighted by Crippen LogP contribution is -2.36. The van der Waals surface area contributed by atoms with Crippen molar-refractivity contribution in [2.45, 2.75) is 38.5 Å². The topological polar surface area (TPSA) is 76.1 Å². The van der Waals surface area contributed by atoms with E-state index in [-0.39, 0.29) is 24.0 Å². The molecule has 5 rings (SSSR count). The molecule has 0 saturated carbocycles. The summed E-state index contributed by atoms with van der Waals surface area (Å²) in [5.41, 5.74) is 3.05. The second-order valence-electron chi connectivity index (χ2n) is 9.39. The van der Waals surface area contributed by atoms with Crippen LogP contribution in [0.2, 0.25) is 5.02 Å². The highest BCUT2D eigenvalue weighted by molar-refractivity contribution is 6.46. The van der Waals surface area contributed by atoms with Gasteiger partial charge < -0.3 is 19.5 Å². The van der Waals surface area contributed by atoms with Gasteiger partial charge in [-0.15, -0.1) is 0 Å². The van der Waals surface area contributed by atoms with E-state index in [1.54, 1.807) is 42.5 Å². The molecular formula is C30H28ClNO5. The van der Waals surface area contributed by atoms with Crippen LogP contribution in [-0.4, -0.2) is 41.0 Å². The number of ether oxygens (including phenoxy) is 2. The quantitative estimate of drug-likeness (QED) is 0.242. The lowest BCUT2D eigenvalue weighted by atomic mass is 9.94. The van der Waals surface area contributed by atoms with Gasteiger partial charge in [-0.2, -0.15) is 0 Å². The van der Waals surface area contributed by atoms with Crippen molar-refractivity contribution in [2.24, 2.45) is 0 Å². The molecule has 2 heterocycles. The molecule has 2 unspecified atom stereocenters. The molecule has 3 aromatic rings. The van der Waals surface area contributed by atoms with Crippen LogP contribution in [0.1, 0.15) is 41.1 Å². The summed E-state index contributed by atoms with van der Waals surface area (Å²) >= 11 is 6.10. The van der Waals surface area contributed by atoms with Gasteiger partial charge in [0.05, 0.1) is 17.7 Å². The standard InChI is InChI=1S/C30H28ClNO5/c1-19-16-22(11-14-25(19)37-18-20-6-3-2-4-7-20)28(33)26-27(21-9-12-23(31)13-10-21)32(30(35)29(26)34)17-24-8-5-15-36-24/h2-4,6-7,9-14,16,24,27,33H,5,8,15,17-18H2,1H3/b28-26-. The third kappa shape index (κ3) is 5.26. The fourth-order valence-corrected chi connectivity index (χ4v) is 5.04. The molecule has 2 saturated heterocycles. The summed E-state index contributed by atoms with van der Waals surface area (Å²) in [6.07, 6.45) is 1.59. The van der Waals surface area contributed by atoms with Crippen LogP contribution < -0.4 is 4.74 Å². The fraction of sp³-hybridized carbons (Fsp3) is 0.267. The Labute approximate surface area is 221 Å². The van der Waals surface area contributed by atoms with Crippen LogP contribution in [0.15, 0.2) is 78.4 Å². The van der Waals surface area contributed by atoms with Gasteiger partial charge >= 0.3 is 0 Å². The van der Waals surface area contributed by atoms with E-state index in [0.717, 1.165) is 24.0 Å². The summed E-state index contributed by atoms with van der Waals surface area (Å²) in [5, 5.41) is 11.9. The SMILES string of the molecule is Cc1cc(/C(O)=C2/C(=O)C(=O)N(CC3CCCO3)C2c2ccc(Cl)cc2)ccc1OCc1ccccc1. The number of amides is 1. The molecule has 0 spiro atoms. The number of nitrogens with zero attached hydrogens (tertiary/aromatic N) is 1. The Morgan fingerprint density at radius 2 is 1.84 bits per heavy atom. The predicted octanol–water partition coefficient (Wildman–Crippen LogP) is 5.83. The molecule has 1 amide bonds. The average Bonchev–Trinajstić information content (AvgIpc) is 3.51. The van der Waals surface area contributed by atoms with Gasteiger partial charge in [0.2, 0.25) is 0 Å². The Morgan fingerprint density at radius 3 is 2.51 bits per heavy atom. The van der Waals surface area contributed by atoms with E-state index in [0.29, 0.717) is 35.1 Å². The predicted molar refractivity (Wildman–Crippen MR) is 141 cm³/mol. The zero-order valence-electron chi connectivity index (χ0n) is 20.5. The van der Waals surface area contributed by atoms with E-state index in [9.17, 15) is 14.7 Å². The number of halogens is 1. The highest BCUT2D eigenvalue weighted by Gasteiger charge is 2.47. The highest BCUT2D eigenvalue weighted by Crippen LogP contribution is 2.40. The van der Waals surface area contributed by atoms with Crippen molar-refractivity contribution < 1.29 is 24.2 Å². The normalized spacial score (nSPS) is 21.0. The van der Waals surface area contributed by atoms with Crippen LogP contribution in [-0.2, 0) is 20.9 Å². The Hall–Kier alpha value is -3.61. The Morgan fingerprint density at radius 1 is 1.08 bits per heavy atom. The minimum absolute atomic E-state index is 0.0580. The maximum atomic E-state index is 13.3. The first kappa shape index (κ1) is 25.1. The number of aliphatic hydroxyl groups excluding tert-OH is 1. The number of ketones is 1. The van der Waals surface area contributed by atoms with Crippen molar-refractivity contribution in [1.29, 1.82) is 0 Å². The summed E-state index contributed by atoms with van der Waals surface area (Å²) in [6, 6.07) is 21.3. The maximum absolute atomic E-state index is 13.3. The number of aryl methyl sites for hydroxylation is 1. The van der Waals surface area contributed by atoms with Gasteiger partial charge in [0.15, 0.2) is 0 Å². The van der Waals surface area contributed by atoms with E-state index in [1.807, 2.05) is 37.3 Å². The molecule has 2 fully saturated rings.